The van der Waals surface area contributed by atoms with Crippen LogP contribution < -0.4 is 15.8 Å². The number of nitrogens with one attached hydrogen (secondary N) is 1. The van der Waals surface area contributed by atoms with Crippen LogP contribution in [0.3, 0.4) is 0 Å². The van der Waals surface area contributed by atoms with Crippen LogP contribution in [0.15, 0.2) is 73.1 Å². The smallest absolute Gasteiger partial charge is 0.326 e. The molecule has 0 saturated heterocycles. The molecule has 8 nitrogen and oxygen atoms in total. The van der Waals surface area contributed by atoms with Crippen molar-refractivity contribution in [2.45, 2.75) is 25.5 Å². The highest BCUT2D eigenvalue weighted by Gasteiger charge is 2.23. The Balaban J connectivity index is 1.86. The summed E-state index contributed by atoms with van der Waals surface area (Å²) >= 11 is 0. The Morgan fingerprint density at radius 2 is 1.84 bits per heavy atom. The van der Waals surface area contributed by atoms with E-state index in [0.717, 1.165) is 11.1 Å². The van der Waals surface area contributed by atoms with Crippen molar-refractivity contribution in [3.05, 3.63) is 84.2 Å². The predicted octanol–water partition coefficient (Wildman–Crippen LogP) is 2.78. The van der Waals surface area contributed by atoms with E-state index >= 15 is 0 Å². The van der Waals surface area contributed by atoms with Crippen molar-refractivity contribution in [1.82, 2.24) is 10.3 Å². The van der Waals surface area contributed by atoms with Gasteiger partial charge in [0.1, 0.15) is 18.4 Å². The van der Waals surface area contributed by atoms with Crippen LogP contribution >= 0.6 is 0 Å². The lowest BCUT2D eigenvalue weighted by Gasteiger charge is -2.17. The third-order valence-corrected chi connectivity index (χ3v) is 4.74. The first-order valence-corrected chi connectivity index (χ1v) is 9.97. The average Bonchev–Trinajstić information content (AvgIpc) is 2.81. The average molecular weight is 433 g/mol. The number of pyridine rings is 1. The highest BCUT2D eigenvalue weighted by molar-refractivity contribution is 6.02. The van der Waals surface area contributed by atoms with Crippen molar-refractivity contribution >= 4 is 17.8 Å². The topological polar surface area (TPSA) is 132 Å². The highest BCUT2D eigenvalue weighted by atomic mass is 16.5. The van der Waals surface area contributed by atoms with Gasteiger partial charge in [-0.3, -0.25) is 14.6 Å². The molecular formula is C24H23N3O5. The number of carboxylic acids is 1. The molecule has 0 aliphatic heterocycles. The highest BCUT2D eigenvalue weighted by Crippen LogP contribution is 2.26. The van der Waals surface area contributed by atoms with E-state index in [2.05, 4.69) is 10.3 Å². The standard InChI is InChI=1S/C24H23N3O5/c25-22(28)11-10-21(24(30)31)27-23(29)19-9-8-16(15-32-18-7-4-12-26-14-18)13-20(19)17-5-2-1-3-6-17/h1-9,12-14,21H,10-11,15H2,(H2,25,28)(H,27,29)(H,30,31)/t21-/m0/s1. The van der Waals surface area contributed by atoms with Crippen molar-refractivity contribution in [3.63, 3.8) is 0 Å². The fourth-order valence-electron chi connectivity index (χ4n) is 3.11. The Morgan fingerprint density at radius 1 is 1.06 bits per heavy atom. The quantitative estimate of drug-likeness (QED) is 0.450. The van der Waals surface area contributed by atoms with Gasteiger partial charge in [-0.2, -0.15) is 0 Å². The Bertz CT molecular complexity index is 1090. The summed E-state index contributed by atoms with van der Waals surface area (Å²) in [6, 6.07) is 16.8. The zero-order valence-corrected chi connectivity index (χ0v) is 17.2. The number of hydrogen-bond acceptors (Lipinski definition) is 5. The molecule has 8 heteroatoms. The number of amides is 2. The molecule has 0 bridgehead atoms. The van der Waals surface area contributed by atoms with Crippen LogP contribution in [0.5, 0.6) is 5.75 Å². The van der Waals surface area contributed by atoms with Crippen LogP contribution in [0, 0.1) is 0 Å². The van der Waals surface area contributed by atoms with Crippen LogP contribution in [0.1, 0.15) is 28.8 Å². The van der Waals surface area contributed by atoms with Crippen molar-refractivity contribution in [2.24, 2.45) is 5.73 Å². The normalized spacial score (nSPS) is 11.4. The van der Waals surface area contributed by atoms with Gasteiger partial charge in [0.05, 0.1) is 6.20 Å². The fraction of sp³-hybridized carbons (Fsp3) is 0.167. The van der Waals surface area contributed by atoms with E-state index < -0.39 is 23.8 Å². The largest absolute Gasteiger partial charge is 0.487 e. The number of primary amides is 1. The zero-order valence-electron chi connectivity index (χ0n) is 17.2. The van der Waals surface area contributed by atoms with Crippen LogP contribution in [-0.4, -0.2) is 33.9 Å². The first-order valence-electron chi connectivity index (χ1n) is 9.97. The number of carbonyl (C=O) groups excluding carboxylic acids is 2. The Labute approximate surface area is 185 Å². The third kappa shape index (κ3) is 6.15. The van der Waals surface area contributed by atoms with Crippen LogP contribution in [0.2, 0.25) is 0 Å². The monoisotopic (exact) mass is 433 g/mol. The summed E-state index contributed by atoms with van der Waals surface area (Å²) in [5, 5.41) is 11.9. The van der Waals surface area contributed by atoms with E-state index in [1.807, 2.05) is 36.4 Å². The van der Waals surface area contributed by atoms with Gasteiger partial charge < -0.3 is 20.9 Å². The molecule has 0 aliphatic carbocycles. The summed E-state index contributed by atoms with van der Waals surface area (Å²) < 4.78 is 5.75. The number of aliphatic carboxylic acids is 1. The lowest BCUT2D eigenvalue weighted by molar-refractivity contribution is -0.139. The molecule has 2 aromatic carbocycles. The van der Waals surface area contributed by atoms with Gasteiger partial charge in [-0.05, 0) is 47.4 Å². The molecule has 0 unspecified atom stereocenters. The molecule has 4 N–H and O–H groups in total. The van der Waals surface area contributed by atoms with E-state index in [0.29, 0.717) is 16.9 Å². The minimum atomic E-state index is -1.23. The predicted molar refractivity (Wildman–Crippen MR) is 118 cm³/mol. The number of carbonyl (C=O) groups is 3. The molecule has 0 spiro atoms. The Kier molecular flexibility index (Phi) is 7.53. The minimum absolute atomic E-state index is 0.0892. The first kappa shape index (κ1) is 22.5. The fourth-order valence-corrected chi connectivity index (χ4v) is 3.11. The lowest BCUT2D eigenvalue weighted by atomic mass is 9.96. The number of benzene rings is 2. The summed E-state index contributed by atoms with van der Waals surface area (Å²) in [7, 11) is 0. The maximum absolute atomic E-state index is 13.0. The molecule has 2 amide bonds. The molecule has 1 atom stereocenters. The minimum Gasteiger partial charge on any atom is -0.487 e. The number of aromatic nitrogens is 1. The van der Waals surface area contributed by atoms with Gasteiger partial charge in [0.25, 0.3) is 5.91 Å². The zero-order chi connectivity index (χ0) is 22.9. The number of ether oxygens (including phenoxy) is 1. The van der Waals surface area contributed by atoms with Crippen molar-refractivity contribution in [3.8, 4) is 16.9 Å². The molecule has 0 fully saturated rings. The number of nitrogens with two attached hydrogens (primary N) is 1. The van der Waals surface area contributed by atoms with Crippen molar-refractivity contribution in [1.29, 1.82) is 0 Å². The van der Waals surface area contributed by atoms with Gasteiger partial charge in [0.15, 0.2) is 0 Å². The van der Waals surface area contributed by atoms with E-state index in [1.54, 1.807) is 36.7 Å². The second-order valence-electron chi connectivity index (χ2n) is 7.09. The molecule has 0 radical (unpaired) electrons. The Hall–Kier alpha value is -4.20. The lowest BCUT2D eigenvalue weighted by Crippen LogP contribution is -2.41. The third-order valence-electron chi connectivity index (χ3n) is 4.74. The summed E-state index contributed by atoms with van der Waals surface area (Å²) in [6.45, 7) is 0.268. The number of hydrogen-bond donors (Lipinski definition) is 3. The Morgan fingerprint density at radius 3 is 2.50 bits per heavy atom. The van der Waals surface area contributed by atoms with Gasteiger partial charge >= 0.3 is 5.97 Å². The molecule has 3 rings (SSSR count). The second kappa shape index (κ2) is 10.7. The van der Waals surface area contributed by atoms with Gasteiger partial charge in [0.2, 0.25) is 5.91 Å². The summed E-state index contributed by atoms with van der Waals surface area (Å²) in [5.41, 5.74) is 7.68. The van der Waals surface area contributed by atoms with Gasteiger partial charge in [0, 0.05) is 18.2 Å². The molecule has 0 aliphatic rings. The molecular weight excluding hydrogens is 410 g/mol. The van der Waals surface area contributed by atoms with E-state index in [1.165, 1.54) is 0 Å². The first-order chi connectivity index (χ1) is 15.4. The van der Waals surface area contributed by atoms with E-state index in [9.17, 15) is 19.5 Å². The van der Waals surface area contributed by atoms with E-state index in [-0.39, 0.29) is 19.4 Å². The molecule has 164 valence electrons. The number of carboxylic acid groups (broad SMARTS) is 1. The van der Waals surface area contributed by atoms with Crippen LogP contribution in [0.4, 0.5) is 0 Å². The van der Waals surface area contributed by atoms with Crippen LogP contribution in [-0.2, 0) is 16.2 Å². The van der Waals surface area contributed by atoms with Gasteiger partial charge in [-0.25, -0.2) is 4.79 Å². The summed E-state index contributed by atoms with van der Waals surface area (Å²) in [4.78, 5) is 39.5. The van der Waals surface area contributed by atoms with Gasteiger partial charge in [-0.1, -0.05) is 36.4 Å². The number of rotatable bonds is 10. The van der Waals surface area contributed by atoms with Gasteiger partial charge in [-0.15, -0.1) is 0 Å². The SMILES string of the molecule is NC(=O)CC[C@H](NC(=O)c1ccc(COc2cccnc2)cc1-c1ccccc1)C(=O)O. The second-order valence-corrected chi connectivity index (χ2v) is 7.09. The maximum atomic E-state index is 13.0. The molecule has 0 saturated carbocycles. The van der Waals surface area contributed by atoms with Crippen molar-refractivity contribution in [2.75, 3.05) is 0 Å². The molecule has 1 heterocycles. The summed E-state index contributed by atoms with van der Waals surface area (Å²) in [5.74, 6) is -1.80. The molecule has 1 aromatic heterocycles. The van der Waals surface area contributed by atoms with Crippen LogP contribution in [0.25, 0.3) is 11.1 Å². The van der Waals surface area contributed by atoms with E-state index in [4.69, 9.17) is 10.5 Å². The summed E-state index contributed by atoms with van der Waals surface area (Å²) in [6.07, 6.45) is 3.03. The van der Waals surface area contributed by atoms with Crippen molar-refractivity contribution < 1.29 is 24.2 Å². The molecule has 3 aromatic rings. The maximum Gasteiger partial charge on any atom is 0.326 e. The number of nitrogens with zero attached hydrogens (tertiary/aromatic N) is 1. The molecule has 32 heavy (non-hydrogen) atoms.